The Morgan fingerprint density at radius 2 is 0.771 bits per heavy atom. The van der Waals surface area contributed by atoms with Crippen LogP contribution >= 0.6 is 0 Å². The number of carboxylic acids is 4. The average molecular weight is 1110 g/mol. The summed E-state index contributed by atoms with van der Waals surface area (Å²) in [7, 11) is 0. The summed E-state index contributed by atoms with van der Waals surface area (Å²) in [6.07, 6.45) is 11.4. The Kier molecular flexibility index (Phi) is 18.4. The quantitative estimate of drug-likeness (QED) is 0.0406. The van der Waals surface area contributed by atoms with Crippen LogP contribution in [0.4, 0.5) is 11.4 Å². The summed E-state index contributed by atoms with van der Waals surface area (Å²) < 4.78 is 0. The second kappa shape index (κ2) is 26.0. The lowest BCUT2D eigenvalue weighted by molar-refractivity contribution is -0.138. The molecule has 2 aliphatic carbocycles. The van der Waals surface area contributed by atoms with Crippen LogP contribution in [0.2, 0.25) is 0 Å². The zero-order valence-corrected chi connectivity index (χ0v) is 48.2. The van der Waals surface area contributed by atoms with Crippen LogP contribution in [-0.2, 0) is 35.4 Å². The van der Waals surface area contributed by atoms with Gasteiger partial charge in [-0.05, 0) is 127 Å². The number of nitrogens with zero attached hydrogens (tertiary/aromatic N) is 2. The topological polar surface area (TPSA) is 156 Å². The van der Waals surface area contributed by atoms with Gasteiger partial charge in [-0.15, -0.1) is 0 Å². The molecule has 0 heterocycles. The maximum Gasteiger partial charge on any atom is 0.323 e. The van der Waals surface area contributed by atoms with E-state index in [-0.39, 0.29) is 10.8 Å². The van der Waals surface area contributed by atoms with Crippen molar-refractivity contribution in [2.24, 2.45) is 0 Å². The van der Waals surface area contributed by atoms with Gasteiger partial charge in [-0.2, -0.15) is 0 Å². The van der Waals surface area contributed by atoms with Crippen molar-refractivity contribution in [1.82, 2.24) is 0 Å². The molecule has 2 aliphatic rings. The van der Waals surface area contributed by atoms with Crippen molar-refractivity contribution < 1.29 is 39.6 Å². The van der Waals surface area contributed by atoms with Gasteiger partial charge >= 0.3 is 23.9 Å². The highest BCUT2D eigenvalue weighted by Crippen LogP contribution is 2.59. The molecular weight excluding hydrogens is 1030 g/mol. The van der Waals surface area contributed by atoms with E-state index in [1.807, 2.05) is 72.8 Å². The van der Waals surface area contributed by atoms with Crippen LogP contribution in [0, 0.1) is 0 Å². The van der Waals surface area contributed by atoms with Gasteiger partial charge in [0.15, 0.2) is 0 Å². The van der Waals surface area contributed by atoms with Crippen molar-refractivity contribution >= 4 is 35.3 Å². The van der Waals surface area contributed by atoms with E-state index in [0.29, 0.717) is 11.4 Å². The molecule has 0 radical (unpaired) electrons. The molecule has 8 aromatic rings. The molecule has 0 amide bonds. The highest BCUT2D eigenvalue weighted by Gasteiger charge is 2.47. The lowest BCUT2D eigenvalue weighted by atomic mass is 9.67. The van der Waals surface area contributed by atoms with Gasteiger partial charge in [0.25, 0.3) is 0 Å². The van der Waals surface area contributed by atoms with Gasteiger partial charge < -0.3 is 30.2 Å². The zero-order chi connectivity index (χ0) is 58.7. The summed E-state index contributed by atoms with van der Waals surface area (Å²) in [4.78, 5) is 50.6. The second-order valence-corrected chi connectivity index (χ2v) is 22.8. The largest absolute Gasteiger partial charge is 0.480 e. The number of rotatable bonds is 25. The molecule has 83 heavy (non-hydrogen) atoms. The molecule has 10 nitrogen and oxygen atoms in total. The monoisotopic (exact) mass is 1110 g/mol. The summed E-state index contributed by atoms with van der Waals surface area (Å²) >= 11 is 0. The van der Waals surface area contributed by atoms with Crippen molar-refractivity contribution in [3.63, 3.8) is 0 Å². The van der Waals surface area contributed by atoms with Gasteiger partial charge in [-0.25, -0.2) is 0 Å². The molecule has 0 unspecified atom stereocenters. The Morgan fingerprint density at radius 3 is 1.23 bits per heavy atom. The second-order valence-electron chi connectivity index (χ2n) is 22.8. The first-order chi connectivity index (χ1) is 40.1. The number of carbonyl (C=O) groups is 4. The molecule has 8 aromatic carbocycles. The van der Waals surface area contributed by atoms with Gasteiger partial charge in [0.05, 0.1) is 5.41 Å². The first kappa shape index (κ1) is 58.9. The molecule has 426 valence electrons. The third-order valence-corrected chi connectivity index (χ3v) is 17.2. The standard InChI is InChI=1S/C67H70N2O8.C6H6/c1-5-7-9-16-36-66(37-17-10-8-6-2)58-38-45(22-33-54(58)55-35-28-50(40-59(55)66)65(3,4)47-18-12-11-13-19-47)46-23-34-56-53-20-14-15-21-57(53)67(60(56)39-46,48-24-29-51(30-25-48)68(41-61(70)71)42-62(72)73)49-26-31-52(32-27-49)69(43-63(74)75)44-64(76)77;1-2-4-6-5-3-1/h11-15,18-35,38-40H,5-10,16-17,36-37,41-44H2,1-4H3,(H,70,71)(H,72,73)(H,74,75)(H,76,77);1-6H. The van der Waals surface area contributed by atoms with E-state index >= 15 is 0 Å². The molecule has 0 fully saturated rings. The summed E-state index contributed by atoms with van der Waals surface area (Å²) in [6, 6.07) is 67.0. The van der Waals surface area contributed by atoms with Crippen LogP contribution in [0.5, 0.6) is 0 Å². The molecule has 0 saturated heterocycles. The van der Waals surface area contributed by atoms with Gasteiger partial charge in [-0.3, -0.25) is 19.2 Å². The molecule has 0 aliphatic heterocycles. The smallest absolute Gasteiger partial charge is 0.323 e. The third-order valence-electron chi connectivity index (χ3n) is 17.2. The predicted octanol–water partition coefficient (Wildman–Crippen LogP) is 15.9. The Morgan fingerprint density at radius 1 is 0.386 bits per heavy atom. The van der Waals surface area contributed by atoms with Gasteiger partial charge in [0.1, 0.15) is 26.2 Å². The zero-order valence-electron chi connectivity index (χ0n) is 48.2. The van der Waals surface area contributed by atoms with E-state index in [4.69, 9.17) is 0 Å². The van der Waals surface area contributed by atoms with Crippen LogP contribution in [0.1, 0.15) is 136 Å². The van der Waals surface area contributed by atoms with Gasteiger partial charge in [-0.1, -0.05) is 237 Å². The molecule has 0 aromatic heterocycles. The summed E-state index contributed by atoms with van der Waals surface area (Å²) in [5.41, 5.74) is 15.3. The number of benzene rings is 8. The van der Waals surface area contributed by atoms with E-state index in [1.54, 1.807) is 24.3 Å². The minimum absolute atomic E-state index is 0.199. The van der Waals surface area contributed by atoms with Crippen LogP contribution in [0.15, 0.2) is 194 Å². The van der Waals surface area contributed by atoms with Crippen molar-refractivity contribution in [3.8, 4) is 33.4 Å². The first-order valence-electron chi connectivity index (χ1n) is 29.3. The summed E-state index contributed by atoms with van der Waals surface area (Å²) in [6.45, 7) is 7.20. The Labute approximate surface area is 488 Å². The fraction of sp³-hybridized carbons (Fsp3) is 0.288. The highest BCUT2D eigenvalue weighted by molar-refractivity contribution is 5.91. The maximum absolute atomic E-state index is 12.0. The van der Waals surface area contributed by atoms with Crippen LogP contribution in [0.3, 0.4) is 0 Å². The van der Waals surface area contributed by atoms with Crippen LogP contribution < -0.4 is 9.80 Å². The molecule has 0 spiro atoms. The highest BCUT2D eigenvalue weighted by atomic mass is 16.4. The number of unbranched alkanes of at least 4 members (excludes halogenated alkanes) is 6. The molecule has 10 rings (SSSR count). The SMILES string of the molecule is CCCCCCC1(CCCCCC)c2cc(-c3ccc4c(c3)C(c3ccc(N(CC(=O)O)CC(=O)O)cc3)(c3ccc(N(CC(=O)O)CC(=O)O)cc3)c3ccccc3-4)ccc2-c2ccc(C(C)(C)c3ccccc3)cc21.c1ccccc1. The molecule has 0 atom stereocenters. The van der Waals surface area contributed by atoms with Gasteiger partial charge in [0, 0.05) is 22.2 Å². The van der Waals surface area contributed by atoms with Gasteiger partial charge in [0.2, 0.25) is 0 Å². The minimum Gasteiger partial charge on any atom is -0.480 e. The third kappa shape index (κ3) is 12.4. The Hall–Kier alpha value is -8.76. The lowest BCUT2D eigenvalue weighted by Gasteiger charge is -2.35. The first-order valence-corrected chi connectivity index (χ1v) is 29.3. The number of hydrogen-bond donors (Lipinski definition) is 4. The van der Waals surface area contributed by atoms with Crippen LogP contribution in [-0.4, -0.2) is 70.5 Å². The maximum atomic E-state index is 12.0. The molecular formula is C73H76N2O8. The predicted molar refractivity (Wildman–Crippen MR) is 333 cm³/mol. The van der Waals surface area contributed by atoms with E-state index < -0.39 is 55.5 Å². The van der Waals surface area contributed by atoms with E-state index in [2.05, 4.69) is 125 Å². The van der Waals surface area contributed by atoms with E-state index in [9.17, 15) is 39.6 Å². The van der Waals surface area contributed by atoms with Crippen molar-refractivity contribution in [1.29, 1.82) is 0 Å². The van der Waals surface area contributed by atoms with Crippen molar-refractivity contribution in [2.45, 2.75) is 108 Å². The number of hydrogen-bond acceptors (Lipinski definition) is 6. The summed E-state index contributed by atoms with van der Waals surface area (Å²) in [5.74, 6) is -4.63. The Bertz CT molecular complexity index is 3410. The Balaban J connectivity index is 0.00000130. The van der Waals surface area contributed by atoms with Crippen molar-refractivity contribution in [3.05, 3.63) is 239 Å². The van der Waals surface area contributed by atoms with E-state index in [1.165, 1.54) is 68.9 Å². The number of aliphatic carboxylic acids is 4. The van der Waals surface area contributed by atoms with Crippen LogP contribution in [0.25, 0.3) is 33.4 Å². The molecule has 0 saturated carbocycles. The number of anilines is 2. The average Bonchev–Trinajstić information content (AvgIpc) is 4.14. The normalized spacial score (nSPS) is 13.1. The molecule has 4 N–H and O–H groups in total. The summed E-state index contributed by atoms with van der Waals surface area (Å²) in [5, 5.41) is 39.2. The fourth-order valence-corrected chi connectivity index (χ4v) is 13.1. The van der Waals surface area contributed by atoms with E-state index in [0.717, 1.165) is 83.0 Å². The minimum atomic E-state index is -1.16. The van der Waals surface area contributed by atoms with Crippen molar-refractivity contribution in [2.75, 3.05) is 36.0 Å². The fourth-order valence-electron chi connectivity index (χ4n) is 13.1. The molecule has 0 bridgehead atoms. The number of carboxylic acid groups (broad SMARTS) is 4. The lowest BCUT2D eigenvalue weighted by Crippen LogP contribution is -2.35. The number of fused-ring (bicyclic) bond motifs is 6. The molecule has 10 heteroatoms.